The smallest absolute Gasteiger partial charge is 0.343 e. The molecule has 0 saturated carbocycles. The molecular formula is C33H27N3O5. The largest absolute Gasteiger partial charge is 0.477 e. The van der Waals surface area contributed by atoms with Crippen molar-refractivity contribution < 1.29 is 19.6 Å². The maximum absolute atomic E-state index is 13.7. The third-order valence-corrected chi connectivity index (χ3v) is 7.28. The van der Waals surface area contributed by atoms with Gasteiger partial charge in [0, 0.05) is 47.5 Å². The Bertz CT molecular complexity index is 1950. The molecular weight excluding hydrogens is 518 g/mol. The molecule has 0 aliphatic carbocycles. The van der Waals surface area contributed by atoms with E-state index in [0.29, 0.717) is 16.6 Å². The van der Waals surface area contributed by atoms with Crippen LogP contribution in [0.3, 0.4) is 0 Å². The summed E-state index contributed by atoms with van der Waals surface area (Å²) >= 11 is 0. The maximum atomic E-state index is 13.7. The topological polar surface area (TPSA) is 107 Å². The highest BCUT2D eigenvalue weighted by atomic mass is 16.6. The van der Waals surface area contributed by atoms with Gasteiger partial charge in [0.2, 0.25) is 0 Å². The highest BCUT2D eigenvalue weighted by Gasteiger charge is 2.31. The Balaban J connectivity index is 0.000000255. The quantitative estimate of drug-likeness (QED) is 0.140. The molecule has 0 fully saturated rings. The lowest BCUT2D eigenvalue weighted by Gasteiger charge is -2.10. The number of hydrogen-bond acceptors (Lipinski definition) is 4. The van der Waals surface area contributed by atoms with E-state index in [1.54, 1.807) is 12.1 Å². The second-order valence-electron chi connectivity index (χ2n) is 9.69. The van der Waals surface area contributed by atoms with Crippen LogP contribution in [0.1, 0.15) is 37.4 Å². The molecule has 3 aromatic carbocycles. The first-order valence-electron chi connectivity index (χ1n) is 12.9. The van der Waals surface area contributed by atoms with Crippen molar-refractivity contribution in [2.24, 2.45) is 7.05 Å². The number of carbonyl (C=O) groups is 2. The van der Waals surface area contributed by atoms with E-state index in [9.17, 15) is 24.8 Å². The summed E-state index contributed by atoms with van der Waals surface area (Å²) in [6.07, 6.45) is 4.24. The van der Waals surface area contributed by atoms with E-state index in [1.165, 1.54) is 28.8 Å². The molecule has 0 aliphatic rings. The first-order valence-corrected chi connectivity index (χ1v) is 12.9. The van der Waals surface area contributed by atoms with E-state index in [0.717, 1.165) is 17.1 Å². The van der Waals surface area contributed by atoms with Crippen LogP contribution in [0.2, 0.25) is 0 Å². The number of nitrogens with zero attached hydrogens (tertiary/aromatic N) is 3. The van der Waals surface area contributed by atoms with Gasteiger partial charge in [0.25, 0.3) is 5.69 Å². The van der Waals surface area contributed by atoms with Crippen molar-refractivity contribution in [3.05, 3.63) is 141 Å². The summed E-state index contributed by atoms with van der Waals surface area (Å²) in [5.74, 6) is -2.10. The van der Waals surface area contributed by atoms with Gasteiger partial charge in [-0.3, -0.25) is 14.9 Å². The van der Waals surface area contributed by atoms with Crippen LogP contribution in [0, 0.1) is 24.0 Å². The standard InChI is InChI=1S/C23H16N2O5.C10H11N/c1-24-17-12-6-5-10-15(17)20(21(24)14-8-3-2-4-9-14)22(26)16-11-7-13-18(25(29)30)19(16)23(27)28;1-8-7-11-6-4-3-5-10(11)9(8)2/h2-13H,1H3,(H,27,28);3-7H,1-2H3. The second-order valence-corrected chi connectivity index (χ2v) is 9.69. The van der Waals surface area contributed by atoms with E-state index in [1.807, 2.05) is 60.1 Å². The van der Waals surface area contributed by atoms with Gasteiger partial charge in [0.15, 0.2) is 5.78 Å². The zero-order valence-corrected chi connectivity index (χ0v) is 22.7. The van der Waals surface area contributed by atoms with Crippen molar-refractivity contribution in [2.75, 3.05) is 0 Å². The lowest BCUT2D eigenvalue weighted by molar-refractivity contribution is -0.385. The fraction of sp³-hybridized carbons (Fsp3) is 0.0909. The predicted molar refractivity (Wildman–Crippen MR) is 159 cm³/mol. The van der Waals surface area contributed by atoms with Crippen molar-refractivity contribution in [3.63, 3.8) is 0 Å². The lowest BCUT2D eigenvalue weighted by Crippen LogP contribution is -2.13. The van der Waals surface area contributed by atoms with E-state index >= 15 is 0 Å². The van der Waals surface area contributed by atoms with Crippen LogP contribution in [0.5, 0.6) is 0 Å². The Morgan fingerprint density at radius 3 is 2.15 bits per heavy atom. The third kappa shape index (κ3) is 4.87. The number of pyridine rings is 1. The summed E-state index contributed by atoms with van der Waals surface area (Å²) < 4.78 is 4.03. The number of nitro benzene ring substituents is 1. The molecule has 0 radical (unpaired) electrons. The molecule has 8 nitrogen and oxygen atoms in total. The summed E-state index contributed by atoms with van der Waals surface area (Å²) in [6.45, 7) is 4.30. The Morgan fingerprint density at radius 1 is 0.805 bits per heavy atom. The summed E-state index contributed by atoms with van der Waals surface area (Å²) in [4.78, 5) is 36.1. The highest BCUT2D eigenvalue weighted by molar-refractivity contribution is 6.23. The molecule has 41 heavy (non-hydrogen) atoms. The van der Waals surface area contributed by atoms with Gasteiger partial charge in [-0.2, -0.15) is 0 Å². The van der Waals surface area contributed by atoms with Crippen LogP contribution in [0.25, 0.3) is 27.7 Å². The normalized spacial score (nSPS) is 10.8. The summed E-state index contributed by atoms with van der Waals surface area (Å²) in [5, 5.41) is 21.6. The Morgan fingerprint density at radius 2 is 1.46 bits per heavy atom. The Hall–Kier alpha value is -5.50. The van der Waals surface area contributed by atoms with Gasteiger partial charge in [-0.25, -0.2) is 4.79 Å². The molecule has 0 bridgehead atoms. The van der Waals surface area contributed by atoms with Gasteiger partial charge >= 0.3 is 5.97 Å². The van der Waals surface area contributed by atoms with E-state index in [2.05, 4.69) is 42.8 Å². The number of carbonyl (C=O) groups excluding carboxylic acids is 1. The van der Waals surface area contributed by atoms with Crippen LogP contribution in [-0.2, 0) is 7.05 Å². The van der Waals surface area contributed by atoms with Crippen molar-refractivity contribution in [3.8, 4) is 11.3 Å². The number of nitro groups is 1. The second kappa shape index (κ2) is 10.9. The summed E-state index contributed by atoms with van der Waals surface area (Å²) in [6, 6.07) is 26.5. The number of rotatable bonds is 5. The number of aryl methyl sites for hydroxylation is 3. The fourth-order valence-corrected chi connectivity index (χ4v) is 5.19. The Labute approximate surface area is 235 Å². The molecule has 3 aromatic heterocycles. The molecule has 1 N–H and O–H groups in total. The van der Waals surface area contributed by atoms with E-state index in [-0.39, 0.29) is 5.56 Å². The lowest BCUT2D eigenvalue weighted by atomic mass is 9.93. The van der Waals surface area contributed by atoms with Gasteiger partial charge in [0.1, 0.15) is 5.56 Å². The molecule has 0 amide bonds. The molecule has 3 heterocycles. The summed E-state index contributed by atoms with van der Waals surface area (Å²) in [5.41, 5.74) is 5.10. The summed E-state index contributed by atoms with van der Waals surface area (Å²) in [7, 11) is 1.83. The minimum absolute atomic E-state index is 0.217. The number of carboxylic acid groups (broad SMARTS) is 1. The molecule has 0 spiro atoms. The van der Waals surface area contributed by atoms with Gasteiger partial charge in [-0.15, -0.1) is 0 Å². The van der Waals surface area contributed by atoms with Gasteiger partial charge in [0.05, 0.1) is 16.2 Å². The number of hydrogen-bond donors (Lipinski definition) is 1. The van der Waals surface area contributed by atoms with E-state index < -0.39 is 27.9 Å². The number of carboxylic acids is 1. The number of ketones is 1. The average Bonchev–Trinajstić information content (AvgIpc) is 3.45. The number of fused-ring (bicyclic) bond motifs is 2. The molecule has 6 aromatic rings. The number of benzene rings is 3. The molecule has 0 saturated heterocycles. The van der Waals surface area contributed by atoms with Crippen molar-refractivity contribution in [2.45, 2.75) is 13.8 Å². The van der Waals surface area contributed by atoms with Crippen LogP contribution in [0.15, 0.2) is 103 Å². The van der Waals surface area contributed by atoms with Gasteiger partial charge in [-0.1, -0.05) is 60.7 Å². The molecule has 8 heteroatoms. The van der Waals surface area contributed by atoms with Crippen molar-refractivity contribution in [1.29, 1.82) is 0 Å². The number of aromatic nitrogens is 2. The van der Waals surface area contributed by atoms with Crippen molar-refractivity contribution >= 4 is 33.9 Å². The molecule has 0 atom stereocenters. The Kier molecular flexibility index (Phi) is 7.22. The number of para-hydroxylation sites is 1. The molecule has 6 rings (SSSR count). The molecule has 204 valence electrons. The van der Waals surface area contributed by atoms with Gasteiger partial charge in [-0.05, 0) is 54.8 Å². The zero-order chi connectivity index (χ0) is 29.3. The van der Waals surface area contributed by atoms with Crippen LogP contribution in [-0.4, -0.2) is 30.8 Å². The minimum atomic E-state index is -1.52. The maximum Gasteiger partial charge on any atom is 0.343 e. The van der Waals surface area contributed by atoms with Crippen LogP contribution < -0.4 is 0 Å². The SMILES string of the molecule is Cc1cn2ccccc2c1C.Cn1c(-c2ccccc2)c(C(=O)c2cccc([N+](=O)[O-])c2C(=O)O)c2ccccc21. The molecule has 0 aliphatic heterocycles. The first kappa shape index (κ1) is 27.1. The van der Waals surface area contributed by atoms with E-state index in [4.69, 9.17) is 0 Å². The number of aromatic carboxylic acids is 1. The van der Waals surface area contributed by atoms with Crippen molar-refractivity contribution in [1.82, 2.24) is 8.97 Å². The molecule has 0 unspecified atom stereocenters. The fourth-order valence-electron chi connectivity index (χ4n) is 5.19. The minimum Gasteiger partial charge on any atom is -0.477 e. The average molecular weight is 546 g/mol. The highest BCUT2D eigenvalue weighted by Crippen LogP contribution is 2.36. The van der Waals surface area contributed by atoms with Crippen LogP contribution >= 0.6 is 0 Å². The third-order valence-electron chi connectivity index (χ3n) is 7.28. The first-order chi connectivity index (χ1) is 19.7. The predicted octanol–water partition coefficient (Wildman–Crippen LogP) is 7.24. The monoisotopic (exact) mass is 545 g/mol. The van der Waals surface area contributed by atoms with Crippen LogP contribution in [0.4, 0.5) is 5.69 Å². The zero-order valence-electron chi connectivity index (χ0n) is 22.7. The van der Waals surface area contributed by atoms with Gasteiger partial charge < -0.3 is 14.1 Å².